The Morgan fingerprint density at radius 3 is 2.48 bits per heavy atom. The van der Waals surface area contributed by atoms with Crippen molar-refractivity contribution in [1.82, 2.24) is 29.1 Å². The topological polar surface area (TPSA) is 61.4 Å². The van der Waals surface area contributed by atoms with Crippen LogP contribution in [-0.4, -0.2) is 29.1 Å². The third kappa shape index (κ3) is 3.12. The molecule has 0 unspecified atom stereocenters. The number of benzene rings is 1. The Balaban J connectivity index is 1.45. The van der Waals surface area contributed by atoms with Crippen molar-refractivity contribution < 1.29 is 0 Å². The van der Waals surface area contributed by atoms with E-state index < -0.39 is 0 Å². The summed E-state index contributed by atoms with van der Waals surface area (Å²) >= 11 is 1.58. The zero-order valence-corrected chi connectivity index (χ0v) is 17.1. The number of nitrogens with zero attached hydrogens (tertiary/aromatic N) is 6. The number of aromatic nitrogens is 6. The van der Waals surface area contributed by atoms with Gasteiger partial charge in [0.2, 0.25) is 0 Å². The smallest absolute Gasteiger partial charge is 0.145 e. The van der Waals surface area contributed by atoms with Crippen molar-refractivity contribution in [2.24, 2.45) is 0 Å². The lowest BCUT2D eigenvalue weighted by molar-refractivity contribution is 1.05. The van der Waals surface area contributed by atoms with E-state index in [1.54, 1.807) is 23.7 Å². The summed E-state index contributed by atoms with van der Waals surface area (Å²) in [5.74, 6) is 0.847. The molecule has 0 spiro atoms. The van der Waals surface area contributed by atoms with Gasteiger partial charge in [-0.25, -0.2) is 15.0 Å². The number of hydrogen-bond acceptors (Lipinski definition) is 5. The first kappa shape index (κ1) is 17.7. The van der Waals surface area contributed by atoms with Gasteiger partial charge in [-0.15, -0.1) is 11.3 Å². The van der Waals surface area contributed by atoms with Gasteiger partial charge >= 0.3 is 0 Å². The van der Waals surface area contributed by atoms with Crippen molar-refractivity contribution in [2.75, 3.05) is 0 Å². The van der Waals surface area contributed by atoms with Gasteiger partial charge < -0.3 is 4.57 Å². The molecule has 0 aliphatic heterocycles. The molecule has 5 aromatic heterocycles. The Hall–Kier alpha value is -4.10. The van der Waals surface area contributed by atoms with Crippen LogP contribution in [0.5, 0.6) is 0 Å². The molecule has 6 rings (SSSR count). The fraction of sp³-hybridized carbons (Fsp3) is 0. The van der Waals surface area contributed by atoms with E-state index in [0.29, 0.717) is 0 Å². The highest BCUT2D eigenvalue weighted by Gasteiger charge is 2.15. The van der Waals surface area contributed by atoms with Gasteiger partial charge in [0, 0.05) is 53.0 Å². The summed E-state index contributed by atoms with van der Waals surface area (Å²) in [5, 5.41) is 3.97. The second kappa shape index (κ2) is 7.30. The van der Waals surface area contributed by atoms with E-state index in [9.17, 15) is 0 Å². The highest BCUT2D eigenvalue weighted by atomic mass is 32.1. The van der Waals surface area contributed by atoms with Crippen molar-refractivity contribution in [1.29, 1.82) is 0 Å². The molecule has 6 nitrogen and oxygen atoms in total. The average Bonchev–Trinajstić information content (AvgIpc) is 3.59. The highest BCUT2D eigenvalue weighted by Crippen LogP contribution is 2.29. The predicted octanol–water partition coefficient (Wildman–Crippen LogP) is 5.40. The Bertz CT molecular complexity index is 1460. The van der Waals surface area contributed by atoms with E-state index >= 15 is 0 Å². The molecule has 6 aromatic rings. The van der Waals surface area contributed by atoms with Crippen LogP contribution in [0.15, 0.2) is 97.2 Å². The first-order valence-electron chi connectivity index (χ1n) is 9.79. The Morgan fingerprint density at radius 1 is 0.774 bits per heavy atom. The van der Waals surface area contributed by atoms with Crippen LogP contribution < -0.4 is 0 Å². The number of imidazole rings is 1. The molecular weight excluding hydrogens is 404 g/mol. The van der Waals surface area contributed by atoms with Crippen molar-refractivity contribution in [2.45, 2.75) is 0 Å². The van der Waals surface area contributed by atoms with Gasteiger partial charge in [0.05, 0.1) is 11.9 Å². The lowest BCUT2D eigenvalue weighted by atomic mass is 10.2. The maximum Gasteiger partial charge on any atom is 0.145 e. The van der Waals surface area contributed by atoms with E-state index in [0.717, 1.165) is 44.5 Å². The summed E-state index contributed by atoms with van der Waals surface area (Å²) in [6, 6.07) is 18.4. The molecule has 5 heterocycles. The molecular formula is C24H16N6S. The lowest BCUT2D eigenvalue weighted by Crippen LogP contribution is -1.97. The number of thiazole rings is 1. The molecule has 0 saturated carbocycles. The zero-order valence-electron chi connectivity index (χ0n) is 16.3. The van der Waals surface area contributed by atoms with Crippen molar-refractivity contribution in [3.63, 3.8) is 0 Å². The average molecular weight is 421 g/mol. The summed E-state index contributed by atoms with van der Waals surface area (Å²) in [7, 11) is 0. The fourth-order valence-corrected chi connectivity index (χ4v) is 4.27. The fourth-order valence-electron chi connectivity index (χ4n) is 3.68. The normalized spacial score (nSPS) is 11.2. The van der Waals surface area contributed by atoms with Crippen molar-refractivity contribution in [3.05, 3.63) is 97.2 Å². The predicted molar refractivity (Wildman–Crippen MR) is 123 cm³/mol. The minimum atomic E-state index is 0.846. The summed E-state index contributed by atoms with van der Waals surface area (Å²) < 4.78 is 4.15. The Labute approximate surface area is 182 Å². The molecule has 7 heteroatoms. The van der Waals surface area contributed by atoms with Crippen LogP contribution in [0, 0.1) is 0 Å². The minimum absolute atomic E-state index is 0.846. The Morgan fingerprint density at radius 2 is 1.68 bits per heavy atom. The number of hydrogen-bond donors (Lipinski definition) is 0. The Kier molecular flexibility index (Phi) is 4.18. The maximum atomic E-state index is 4.91. The molecule has 0 N–H and O–H groups in total. The molecule has 0 aliphatic rings. The molecule has 0 saturated heterocycles. The molecule has 1 aromatic carbocycles. The molecule has 0 radical (unpaired) electrons. The molecule has 0 bridgehead atoms. The molecule has 0 amide bonds. The van der Waals surface area contributed by atoms with Crippen LogP contribution in [0.2, 0.25) is 0 Å². The quantitative estimate of drug-likeness (QED) is 0.383. The van der Waals surface area contributed by atoms with Crippen LogP contribution in [-0.2, 0) is 0 Å². The minimum Gasteiger partial charge on any atom is -0.301 e. The van der Waals surface area contributed by atoms with Crippen LogP contribution in [0.4, 0.5) is 0 Å². The van der Waals surface area contributed by atoms with Crippen LogP contribution >= 0.6 is 11.3 Å². The molecule has 148 valence electrons. The van der Waals surface area contributed by atoms with Gasteiger partial charge in [0.25, 0.3) is 0 Å². The van der Waals surface area contributed by atoms with E-state index in [1.807, 2.05) is 48.4 Å². The van der Waals surface area contributed by atoms with E-state index in [-0.39, 0.29) is 0 Å². The molecule has 0 atom stereocenters. The first-order chi connectivity index (χ1) is 15.4. The number of rotatable bonds is 4. The van der Waals surface area contributed by atoms with E-state index in [4.69, 9.17) is 4.98 Å². The third-order valence-electron chi connectivity index (χ3n) is 5.13. The van der Waals surface area contributed by atoms with Crippen molar-refractivity contribution in [3.8, 4) is 33.5 Å². The van der Waals surface area contributed by atoms with Gasteiger partial charge in [0.15, 0.2) is 0 Å². The maximum absolute atomic E-state index is 4.91. The van der Waals surface area contributed by atoms with Gasteiger partial charge in [-0.1, -0.05) is 0 Å². The lowest BCUT2D eigenvalue weighted by Gasteiger charge is -2.09. The summed E-state index contributed by atoms with van der Waals surface area (Å²) in [6.07, 6.45) is 11.3. The monoisotopic (exact) mass is 420 g/mol. The van der Waals surface area contributed by atoms with Gasteiger partial charge in [-0.05, 0) is 54.6 Å². The summed E-state index contributed by atoms with van der Waals surface area (Å²) in [4.78, 5) is 18.1. The van der Waals surface area contributed by atoms with Gasteiger partial charge in [0.1, 0.15) is 22.2 Å². The molecule has 31 heavy (non-hydrogen) atoms. The number of fused-ring (bicyclic) bond motifs is 1. The largest absolute Gasteiger partial charge is 0.301 e. The van der Waals surface area contributed by atoms with Crippen LogP contribution in [0.25, 0.3) is 44.5 Å². The van der Waals surface area contributed by atoms with Crippen LogP contribution in [0.3, 0.4) is 0 Å². The van der Waals surface area contributed by atoms with Gasteiger partial charge in [-0.3, -0.25) is 9.55 Å². The van der Waals surface area contributed by atoms with E-state index in [2.05, 4.69) is 60.5 Å². The third-order valence-corrected chi connectivity index (χ3v) is 5.93. The van der Waals surface area contributed by atoms with Crippen LogP contribution in [0.1, 0.15) is 0 Å². The zero-order chi connectivity index (χ0) is 20.6. The standard InChI is InChI=1S/C24H16N6S/c1-3-17-9-13-29(22(17)26-11-1)19-7-5-18(6-8-19)23-28-21(24-27-12-14-31-24)16-30(23)20-4-2-10-25-15-20/h1-16H. The second-order valence-corrected chi connectivity index (χ2v) is 7.91. The SMILES string of the molecule is c1cncc(-n2cc(-c3nccs3)nc2-c2ccc(-n3ccc4cccnc43)cc2)c1. The molecule has 0 fully saturated rings. The summed E-state index contributed by atoms with van der Waals surface area (Å²) in [5.41, 5.74) is 4.81. The van der Waals surface area contributed by atoms with E-state index in [1.165, 1.54) is 0 Å². The number of pyridine rings is 2. The van der Waals surface area contributed by atoms with Crippen molar-refractivity contribution >= 4 is 22.4 Å². The summed E-state index contributed by atoms with van der Waals surface area (Å²) in [6.45, 7) is 0. The second-order valence-electron chi connectivity index (χ2n) is 7.02. The first-order valence-corrected chi connectivity index (χ1v) is 10.7. The highest BCUT2D eigenvalue weighted by molar-refractivity contribution is 7.13. The van der Waals surface area contributed by atoms with Gasteiger partial charge in [-0.2, -0.15) is 0 Å². The molecule has 0 aliphatic carbocycles.